The van der Waals surface area contributed by atoms with Crippen LogP contribution in [0.4, 0.5) is 0 Å². The Morgan fingerprint density at radius 3 is 2.88 bits per heavy atom. The van der Waals surface area contributed by atoms with Gasteiger partial charge in [-0.05, 0) is 31.4 Å². The van der Waals surface area contributed by atoms with Crippen molar-refractivity contribution in [1.82, 2.24) is 10.2 Å². The quantitative estimate of drug-likeness (QED) is 0.839. The Labute approximate surface area is 104 Å². The van der Waals surface area contributed by atoms with Gasteiger partial charge in [-0.1, -0.05) is 36.8 Å². The largest absolute Gasteiger partial charge is 0.312 e. The molecule has 2 heterocycles. The SMILES string of the molecule is c1ccc(CN2CCC3NCCCCC32)cc1. The molecule has 2 atom stereocenters. The van der Waals surface area contributed by atoms with Gasteiger partial charge in [-0.3, -0.25) is 4.90 Å². The second kappa shape index (κ2) is 5.19. The van der Waals surface area contributed by atoms with Crippen molar-refractivity contribution >= 4 is 0 Å². The van der Waals surface area contributed by atoms with Crippen LogP contribution in [0.5, 0.6) is 0 Å². The Morgan fingerprint density at radius 2 is 2.00 bits per heavy atom. The van der Waals surface area contributed by atoms with Crippen LogP contribution in [0.1, 0.15) is 31.2 Å². The third kappa shape index (κ3) is 2.53. The molecule has 2 aliphatic heterocycles. The fourth-order valence-electron chi connectivity index (χ4n) is 3.32. The molecule has 1 N–H and O–H groups in total. The molecule has 2 unspecified atom stereocenters. The number of likely N-dealkylation sites (tertiary alicyclic amines) is 1. The second-order valence-corrected chi connectivity index (χ2v) is 5.37. The predicted octanol–water partition coefficient (Wildman–Crippen LogP) is 2.40. The van der Waals surface area contributed by atoms with E-state index < -0.39 is 0 Å². The van der Waals surface area contributed by atoms with Crippen molar-refractivity contribution in [3.63, 3.8) is 0 Å². The van der Waals surface area contributed by atoms with Crippen LogP contribution in [0.3, 0.4) is 0 Å². The van der Waals surface area contributed by atoms with E-state index in [0.717, 1.165) is 18.6 Å². The summed E-state index contributed by atoms with van der Waals surface area (Å²) in [6, 6.07) is 12.4. The molecule has 1 aromatic carbocycles. The third-order valence-corrected chi connectivity index (χ3v) is 4.22. The summed E-state index contributed by atoms with van der Waals surface area (Å²) in [5.41, 5.74) is 1.46. The van der Waals surface area contributed by atoms with Gasteiger partial charge in [0, 0.05) is 25.2 Å². The van der Waals surface area contributed by atoms with Crippen molar-refractivity contribution in [2.45, 2.75) is 44.3 Å². The van der Waals surface area contributed by atoms with Gasteiger partial charge in [-0.15, -0.1) is 0 Å². The van der Waals surface area contributed by atoms with Crippen LogP contribution in [0.25, 0.3) is 0 Å². The Bertz CT molecular complexity index is 349. The normalized spacial score (nSPS) is 29.9. The molecule has 1 aromatic rings. The molecule has 0 aliphatic carbocycles. The molecular formula is C15H22N2. The van der Waals surface area contributed by atoms with Gasteiger partial charge in [0.2, 0.25) is 0 Å². The number of hydrogen-bond acceptors (Lipinski definition) is 2. The number of nitrogens with zero attached hydrogens (tertiary/aromatic N) is 1. The van der Waals surface area contributed by atoms with Crippen molar-refractivity contribution < 1.29 is 0 Å². The molecule has 3 rings (SSSR count). The van der Waals surface area contributed by atoms with Crippen LogP contribution in [0.2, 0.25) is 0 Å². The summed E-state index contributed by atoms with van der Waals surface area (Å²) < 4.78 is 0. The van der Waals surface area contributed by atoms with E-state index in [9.17, 15) is 0 Å². The molecule has 2 aliphatic rings. The van der Waals surface area contributed by atoms with Crippen LogP contribution >= 0.6 is 0 Å². The van der Waals surface area contributed by atoms with Crippen molar-refractivity contribution in [1.29, 1.82) is 0 Å². The molecule has 92 valence electrons. The van der Waals surface area contributed by atoms with Crippen LogP contribution < -0.4 is 5.32 Å². The maximum atomic E-state index is 3.72. The van der Waals surface area contributed by atoms with Crippen LogP contribution in [0, 0.1) is 0 Å². The number of benzene rings is 1. The molecule has 0 radical (unpaired) electrons. The molecule has 2 heteroatoms. The van der Waals surface area contributed by atoms with Gasteiger partial charge >= 0.3 is 0 Å². The topological polar surface area (TPSA) is 15.3 Å². The van der Waals surface area contributed by atoms with Gasteiger partial charge in [-0.25, -0.2) is 0 Å². The van der Waals surface area contributed by atoms with Crippen molar-refractivity contribution in [2.24, 2.45) is 0 Å². The lowest BCUT2D eigenvalue weighted by Crippen LogP contribution is -2.40. The lowest BCUT2D eigenvalue weighted by Gasteiger charge is -2.27. The summed E-state index contributed by atoms with van der Waals surface area (Å²) in [6.45, 7) is 3.61. The van der Waals surface area contributed by atoms with E-state index in [1.807, 2.05) is 0 Å². The minimum absolute atomic E-state index is 0.751. The van der Waals surface area contributed by atoms with E-state index in [1.165, 1.54) is 44.3 Å². The van der Waals surface area contributed by atoms with E-state index >= 15 is 0 Å². The van der Waals surface area contributed by atoms with Gasteiger partial charge in [0.25, 0.3) is 0 Å². The molecule has 0 bridgehead atoms. The number of hydrogen-bond donors (Lipinski definition) is 1. The summed E-state index contributed by atoms with van der Waals surface area (Å²) in [7, 11) is 0. The fraction of sp³-hybridized carbons (Fsp3) is 0.600. The Kier molecular flexibility index (Phi) is 3.44. The van der Waals surface area contributed by atoms with Crippen LogP contribution in [0.15, 0.2) is 30.3 Å². The summed E-state index contributed by atoms with van der Waals surface area (Å²) in [6.07, 6.45) is 5.45. The molecule has 17 heavy (non-hydrogen) atoms. The summed E-state index contributed by atoms with van der Waals surface area (Å²) in [5.74, 6) is 0. The van der Waals surface area contributed by atoms with Gasteiger partial charge in [0.1, 0.15) is 0 Å². The molecule has 0 saturated carbocycles. The van der Waals surface area contributed by atoms with Crippen molar-refractivity contribution in [3.05, 3.63) is 35.9 Å². The van der Waals surface area contributed by atoms with E-state index in [1.54, 1.807) is 0 Å². The highest BCUT2D eigenvalue weighted by Gasteiger charge is 2.34. The first kappa shape index (κ1) is 11.2. The Balaban J connectivity index is 1.67. The maximum absolute atomic E-state index is 3.72. The highest BCUT2D eigenvalue weighted by molar-refractivity contribution is 5.15. The molecular weight excluding hydrogens is 208 g/mol. The zero-order valence-electron chi connectivity index (χ0n) is 10.4. The minimum Gasteiger partial charge on any atom is -0.312 e. The smallest absolute Gasteiger partial charge is 0.0253 e. The van der Waals surface area contributed by atoms with Gasteiger partial charge < -0.3 is 5.32 Å². The van der Waals surface area contributed by atoms with E-state index in [0.29, 0.717) is 0 Å². The van der Waals surface area contributed by atoms with E-state index in [2.05, 4.69) is 40.5 Å². The van der Waals surface area contributed by atoms with Crippen LogP contribution in [-0.4, -0.2) is 30.1 Å². The first-order valence-electron chi connectivity index (χ1n) is 6.95. The number of fused-ring (bicyclic) bond motifs is 1. The average Bonchev–Trinajstić information content (AvgIpc) is 2.61. The van der Waals surface area contributed by atoms with Gasteiger partial charge in [0.05, 0.1) is 0 Å². The summed E-state index contributed by atoms with van der Waals surface area (Å²) in [5, 5.41) is 3.72. The van der Waals surface area contributed by atoms with Gasteiger partial charge in [0.15, 0.2) is 0 Å². The fourth-order valence-corrected chi connectivity index (χ4v) is 3.32. The average molecular weight is 230 g/mol. The first-order chi connectivity index (χ1) is 8.43. The molecule has 0 amide bonds. The lowest BCUT2D eigenvalue weighted by molar-refractivity contribution is 0.221. The maximum Gasteiger partial charge on any atom is 0.0253 e. The van der Waals surface area contributed by atoms with E-state index in [-0.39, 0.29) is 0 Å². The Hall–Kier alpha value is -0.860. The third-order valence-electron chi connectivity index (χ3n) is 4.22. The zero-order valence-corrected chi connectivity index (χ0v) is 10.4. The molecule has 0 aromatic heterocycles. The first-order valence-corrected chi connectivity index (χ1v) is 6.95. The van der Waals surface area contributed by atoms with Crippen LogP contribution in [-0.2, 0) is 6.54 Å². The van der Waals surface area contributed by atoms with Gasteiger partial charge in [-0.2, -0.15) is 0 Å². The zero-order chi connectivity index (χ0) is 11.5. The second-order valence-electron chi connectivity index (χ2n) is 5.37. The minimum atomic E-state index is 0.751. The number of nitrogens with one attached hydrogen (secondary N) is 1. The monoisotopic (exact) mass is 230 g/mol. The molecule has 2 fully saturated rings. The van der Waals surface area contributed by atoms with Crippen molar-refractivity contribution in [3.8, 4) is 0 Å². The molecule has 2 saturated heterocycles. The predicted molar refractivity (Wildman–Crippen MR) is 70.9 cm³/mol. The molecule has 2 nitrogen and oxygen atoms in total. The van der Waals surface area contributed by atoms with E-state index in [4.69, 9.17) is 0 Å². The number of rotatable bonds is 2. The highest BCUT2D eigenvalue weighted by atomic mass is 15.2. The molecule has 0 spiro atoms. The Morgan fingerprint density at radius 1 is 1.12 bits per heavy atom. The summed E-state index contributed by atoms with van der Waals surface area (Å²) in [4.78, 5) is 2.68. The standard InChI is InChI=1S/C15H22N2/c1-2-6-13(7-3-1)12-17-11-9-14-15(17)8-4-5-10-16-14/h1-3,6-7,14-16H,4-5,8-12H2. The highest BCUT2D eigenvalue weighted by Crippen LogP contribution is 2.26. The van der Waals surface area contributed by atoms with Crippen molar-refractivity contribution in [2.75, 3.05) is 13.1 Å². The lowest BCUT2D eigenvalue weighted by atomic mass is 10.0. The summed E-state index contributed by atoms with van der Waals surface area (Å²) >= 11 is 0.